The summed E-state index contributed by atoms with van der Waals surface area (Å²) >= 11 is 1.53. The van der Waals surface area contributed by atoms with Crippen LogP contribution < -0.4 is 9.47 Å². The van der Waals surface area contributed by atoms with Crippen LogP contribution in [0.4, 0.5) is 0 Å². The summed E-state index contributed by atoms with van der Waals surface area (Å²) < 4.78 is 15.8. The van der Waals surface area contributed by atoms with Crippen molar-refractivity contribution >= 4 is 17.3 Å². The van der Waals surface area contributed by atoms with Gasteiger partial charge in [-0.15, -0.1) is 11.3 Å². The molecule has 5 nitrogen and oxygen atoms in total. The normalized spacial score (nSPS) is 10.8. The van der Waals surface area contributed by atoms with E-state index >= 15 is 0 Å². The van der Waals surface area contributed by atoms with Crippen molar-refractivity contribution in [3.8, 4) is 22.1 Å². The van der Waals surface area contributed by atoms with E-state index in [-0.39, 0.29) is 6.61 Å². The van der Waals surface area contributed by atoms with Crippen molar-refractivity contribution in [3.63, 3.8) is 0 Å². The topological polar surface area (TPSA) is 57.7 Å². The summed E-state index contributed by atoms with van der Waals surface area (Å²) in [5, 5.41) is 2.81. The van der Waals surface area contributed by atoms with E-state index in [1.807, 2.05) is 5.38 Å². The monoisotopic (exact) mass is 397 g/mol. The zero-order chi connectivity index (χ0) is 20.1. The van der Waals surface area contributed by atoms with Crippen LogP contribution in [0.2, 0.25) is 0 Å². The maximum Gasteiger partial charge on any atom is 0.342 e. The molecule has 0 amide bonds. The van der Waals surface area contributed by atoms with Crippen LogP contribution in [-0.4, -0.2) is 25.2 Å². The van der Waals surface area contributed by atoms with Gasteiger partial charge < -0.3 is 14.2 Å². The number of hydrogen-bond donors (Lipinski definition) is 0. The first-order chi connectivity index (χ1) is 13.5. The molecular weight excluding hydrogens is 374 g/mol. The number of rotatable bonds is 7. The van der Waals surface area contributed by atoms with Crippen molar-refractivity contribution in [2.75, 3.05) is 14.2 Å². The number of methoxy groups -OCH3 is 2. The number of carbonyl (C=O) groups excluding carboxylic acids is 1. The number of aromatic nitrogens is 1. The Bertz CT molecular complexity index is 947. The molecule has 1 heterocycles. The van der Waals surface area contributed by atoms with Gasteiger partial charge in [0, 0.05) is 17.0 Å². The lowest BCUT2D eigenvalue weighted by Gasteiger charge is -2.09. The molecule has 28 heavy (non-hydrogen) atoms. The fourth-order valence-electron chi connectivity index (χ4n) is 2.70. The maximum atomic E-state index is 12.4. The molecule has 0 radical (unpaired) electrons. The zero-order valence-electron chi connectivity index (χ0n) is 16.4. The van der Waals surface area contributed by atoms with Crippen LogP contribution in [0, 0.1) is 0 Å². The highest BCUT2D eigenvalue weighted by molar-refractivity contribution is 7.13. The largest absolute Gasteiger partial charge is 0.497 e. The fourth-order valence-corrected chi connectivity index (χ4v) is 3.51. The minimum Gasteiger partial charge on any atom is -0.497 e. The van der Waals surface area contributed by atoms with Crippen molar-refractivity contribution < 1.29 is 19.0 Å². The molecule has 0 bridgehead atoms. The fraction of sp³-hybridized carbons (Fsp3) is 0.273. The first kappa shape index (κ1) is 19.9. The second kappa shape index (κ2) is 8.89. The molecular formula is C22H23NO4S. The molecule has 146 valence electrons. The number of nitrogens with zero attached hydrogens (tertiary/aromatic N) is 1. The first-order valence-electron chi connectivity index (χ1n) is 8.95. The molecule has 0 fully saturated rings. The summed E-state index contributed by atoms with van der Waals surface area (Å²) in [7, 11) is 3.06. The van der Waals surface area contributed by atoms with Crippen LogP contribution in [0.15, 0.2) is 47.8 Å². The smallest absolute Gasteiger partial charge is 0.342 e. The van der Waals surface area contributed by atoms with Gasteiger partial charge in [-0.05, 0) is 23.6 Å². The Balaban J connectivity index is 1.66. The van der Waals surface area contributed by atoms with Gasteiger partial charge in [0.05, 0.1) is 19.9 Å². The summed E-state index contributed by atoms with van der Waals surface area (Å²) in [5.41, 5.74) is 3.42. The minimum absolute atomic E-state index is 0.106. The molecule has 0 saturated carbocycles. The van der Waals surface area contributed by atoms with Gasteiger partial charge in [-0.25, -0.2) is 9.78 Å². The quantitative estimate of drug-likeness (QED) is 0.506. The van der Waals surface area contributed by atoms with Crippen LogP contribution in [0.1, 0.15) is 41.4 Å². The molecule has 0 aliphatic carbocycles. The van der Waals surface area contributed by atoms with E-state index in [1.54, 1.807) is 25.3 Å². The second-order valence-electron chi connectivity index (χ2n) is 6.56. The van der Waals surface area contributed by atoms with Crippen molar-refractivity contribution in [1.82, 2.24) is 4.98 Å². The highest BCUT2D eigenvalue weighted by Gasteiger charge is 2.16. The Labute approximate surface area is 168 Å². The maximum absolute atomic E-state index is 12.4. The summed E-state index contributed by atoms with van der Waals surface area (Å²) in [6, 6.07) is 13.4. The van der Waals surface area contributed by atoms with Crippen molar-refractivity contribution in [3.05, 3.63) is 64.7 Å². The second-order valence-corrected chi connectivity index (χ2v) is 7.42. The van der Waals surface area contributed by atoms with Crippen LogP contribution >= 0.6 is 11.3 Å². The zero-order valence-corrected chi connectivity index (χ0v) is 17.2. The van der Waals surface area contributed by atoms with Gasteiger partial charge in [-0.1, -0.05) is 38.1 Å². The Morgan fingerprint density at radius 3 is 2.46 bits per heavy atom. The van der Waals surface area contributed by atoms with E-state index in [0.717, 1.165) is 10.6 Å². The Morgan fingerprint density at radius 1 is 1.07 bits per heavy atom. The van der Waals surface area contributed by atoms with E-state index in [1.165, 1.54) is 24.0 Å². The predicted molar refractivity (Wildman–Crippen MR) is 110 cm³/mol. The Hall–Kier alpha value is -2.86. The van der Waals surface area contributed by atoms with E-state index in [0.29, 0.717) is 28.7 Å². The number of hydrogen-bond acceptors (Lipinski definition) is 6. The Kier molecular flexibility index (Phi) is 6.31. The van der Waals surface area contributed by atoms with Crippen LogP contribution in [-0.2, 0) is 11.3 Å². The summed E-state index contributed by atoms with van der Waals surface area (Å²) in [6.07, 6.45) is 0. The molecule has 0 unspecified atom stereocenters. The molecule has 0 atom stereocenters. The number of thiazole rings is 1. The number of benzene rings is 2. The summed E-state index contributed by atoms with van der Waals surface area (Å²) in [4.78, 5) is 17.0. The summed E-state index contributed by atoms with van der Waals surface area (Å²) in [5.74, 6) is 1.06. The van der Waals surface area contributed by atoms with Crippen LogP contribution in [0.25, 0.3) is 10.6 Å². The van der Waals surface area contributed by atoms with Gasteiger partial charge >= 0.3 is 5.97 Å². The molecule has 0 spiro atoms. The number of ether oxygens (including phenoxy) is 3. The molecule has 1 aromatic heterocycles. The minimum atomic E-state index is -0.463. The third-order valence-electron chi connectivity index (χ3n) is 4.36. The van der Waals surface area contributed by atoms with Gasteiger partial charge in [0.2, 0.25) is 0 Å². The molecule has 0 aliphatic heterocycles. The van der Waals surface area contributed by atoms with Gasteiger partial charge in [0.25, 0.3) is 0 Å². The number of esters is 1. The molecule has 0 saturated heterocycles. The molecule has 0 N–H and O–H groups in total. The molecule has 0 aliphatic rings. The molecule has 2 aromatic carbocycles. The van der Waals surface area contributed by atoms with E-state index < -0.39 is 5.97 Å². The third-order valence-corrected chi connectivity index (χ3v) is 5.30. The standard InChI is InChI=1S/C22H23NO4S/c1-14(2)15-5-7-16(8-6-15)21-23-17(13-28-21)12-27-22(24)19-10-9-18(25-3)11-20(19)26-4/h5-11,13-14H,12H2,1-4H3. The van der Waals surface area contributed by atoms with Crippen molar-refractivity contribution in [2.24, 2.45) is 0 Å². The van der Waals surface area contributed by atoms with E-state index in [2.05, 4.69) is 43.1 Å². The van der Waals surface area contributed by atoms with Gasteiger partial charge in [-0.2, -0.15) is 0 Å². The Morgan fingerprint density at radius 2 is 1.82 bits per heavy atom. The SMILES string of the molecule is COc1ccc(C(=O)OCc2csc(-c3ccc(C(C)C)cc3)n2)c(OC)c1. The first-order valence-corrected chi connectivity index (χ1v) is 9.83. The number of carbonyl (C=O) groups is 1. The van der Waals surface area contributed by atoms with Gasteiger partial charge in [0.1, 0.15) is 28.7 Å². The summed E-state index contributed by atoms with van der Waals surface area (Å²) in [6.45, 7) is 4.44. The third kappa shape index (κ3) is 4.51. The predicted octanol–water partition coefficient (Wildman–Crippen LogP) is 5.31. The molecule has 6 heteroatoms. The lowest BCUT2D eigenvalue weighted by atomic mass is 10.0. The average molecular weight is 397 g/mol. The highest BCUT2D eigenvalue weighted by atomic mass is 32.1. The van der Waals surface area contributed by atoms with Crippen molar-refractivity contribution in [2.45, 2.75) is 26.4 Å². The molecule has 3 rings (SSSR count). The molecule has 3 aromatic rings. The lowest BCUT2D eigenvalue weighted by molar-refractivity contribution is 0.0465. The van der Waals surface area contributed by atoms with Gasteiger partial charge in [0.15, 0.2) is 0 Å². The van der Waals surface area contributed by atoms with E-state index in [9.17, 15) is 4.79 Å². The van der Waals surface area contributed by atoms with Crippen molar-refractivity contribution in [1.29, 1.82) is 0 Å². The lowest BCUT2D eigenvalue weighted by Crippen LogP contribution is -2.07. The average Bonchev–Trinajstić information content (AvgIpc) is 3.20. The van der Waals surface area contributed by atoms with Crippen LogP contribution in [0.5, 0.6) is 11.5 Å². The highest BCUT2D eigenvalue weighted by Crippen LogP contribution is 2.27. The van der Waals surface area contributed by atoms with E-state index in [4.69, 9.17) is 14.2 Å². The van der Waals surface area contributed by atoms with Crippen LogP contribution in [0.3, 0.4) is 0 Å². The van der Waals surface area contributed by atoms with Gasteiger partial charge in [-0.3, -0.25) is 0 Å².